The van der Waals surface area contributed by atoms with Gasteiger partial charge in [-0.25, -0.2) is 4.98 Å². The number of para-hydroxylation sites is 2. The second-order valence-electron chi connectivity index (χ2n) is 6.90. The molecule has 0 aliphatic carbocycles. The SMILES string of the molecule is Cc1sc2nc([C@@H](C)Nc3ccccc3N3CCOCC3)[nH]c(=O)c2c1C. The Balaban J connectivity index is 1.64. The van der Waals surface area contributed by atoms with Crippen LogP contribution in [0.1, 0.15) is 29.2 Å². The first-order valence-electron chi connectivity index (χ1n) is 9.23. The number of aromatic nitrogens is 2. The summed E-state index contributed by atoms with van der Waals surface area (Å²) in [5.74, 6) is 0.658. The Morgan fingerprint density at radius 3 is 2.78 bits per heavy atom. The molecular weight excluding hydrogens is 360 g/mol. The molecule has 7 heteroatoms. The number of hydrogen-bond donors (Lipinski definition) is 2. The lowest BCUT2D eigenvalue weighted by Gasteiger charge is -2.31. The molecule has 3 aromatic rings. The highest BCUT2D eigenvalue weighted by Crippen LogP contribution is 2.30. The number of aryl methyl sites for hydroxylation is 2. The second-order valence-corrected chi connectivity index (χ2v) is 8.10. The Hall–Kier alpha value is -2.38. The van der Waals surface area contributed by atoms with E-state index in [2.05, 4.69) is 27.3 Å². The molecule has 0 unspecified atom stereocenters. The molecule has 27 heavy (non-hydrogen) atoms. The van der Waals surface area contributed by atoms with Crippen LogP contribution >= 0.6 is 11.3 Å². The Morgan fingerprint density at radius 2 is 2.00 bits per heavy atom. The van der Waals surface area contributed by atoms with Gasteiger partial charge in [0.15, 0.2) is 0 Å². The molecular formula is C20H24N4O2S. The summed E-state index contributed by atoms with van der Waals surface area (Å²) >= 11 is 1.58. The van der Waals surface area contributed by atoms with E-state index in [1.54, 1.807) is 11.3 Å². The van der Waals surface area contributed by atoms with Crippen LogP contribution in [0.4, 0.5) is 11.4 Å². The minimum Gasteiger partial charge on any atom is -0.378 e. The highest BCUT2D eigenvalue weighted by molar-refractivity contribution is 7.18. The second kappa shape index (κ2) is 7.32. The van der Waals surface area contributed by atoms with Gasteiger partial charge in [-0.3, -0.25) is 4.79 Å². The zero-order chi connectivity index (χ0) is 19.0. The van der Waals surface area contributed by atoms with Gasteiger partial charge in [-0.1, -0.05) is 12.1 Å². The number of benzene rings is 1. The molecule has 0 amide bonds. The van der Waals surface area contributed by atoms with Crippen molar-refractivity contribution in [3.63, 3.8) is 0 Å². The van der Waals surface area contributed by atoms with Crippen LogP contribution in [0.5, 0.6) is 0 Å². The van der Waals surface area contributed by atoms with Crippen LogP contribution in [0, 0.1) is 13.8 Å². The molecule has 6 nitrogen and oxygen atoms in total. The molecule has 4 rings (SSSR count). The monoisotopic (exact) mass is 384 g/mol. The molecule has 1 fully saturated rings. The van der Waals surface area contributed by atoms with Crippen molar-refractivity contribution < 1.29 is 4.74 Å². The fourth-order valence-corrected chi connectivity index (χ4v) is 4.49. The van der Waals surface area contributed by atoms with Gasteiger partial charge in [-0.15, -0.1) is 11.3 Å². The highest BCUT2D eigenvalue weighted by atomic mass is 32.1. The third-order valence-corrected chi connectivity index (χ3v) is 6.20. The first kappa shape index (κ1) is 18.0. The van der Waals surface area contributed by atoms with E-state index in [0.29, 0.717) is 11.2 Å². The van der Waals surface area contributed by atoms with Gasteiger partial charge in [-0.05, 0) is 38.5 Å². The third kappa shape index (κ3) is 3.44. The van der Waals surface area contributed by atoms with Gasteiger partial charge in [0, 0.05) is 18.0 Å². The molecule has 1 aliphatic heterocycles. The average Bonchev–Trinajstić information content (AvgIpc) is 2.97. The molecule has 1 atom stereocenters. The fraction of sp³-hybridized carbons (Fsp3) is 0.400. The summed E-state index contributed by atoms with van der Waals surface area (Å²) in [4.78, 5) is 24.5. The number of thiophene rings is 1. The van der Waals surface area contributed by atoms with Crippen LogP contribution in [0.25, 0.3) is 10.2 Å². The first-order chi connectivity index (χ1) is 13.0. The number of nitrogens with zero attached hydrogens (tertiary/aromatic N) is 2. The number of rotatable bonds is 4. The highest BCUT2D eigenvalue weighted by Gasteiger charge is 2.18. The van der Waals surface area contributed by atoms with Crippen molar-refractivity contribution in [1.82, 2.24) is 9.97 Å². The molecule has 0 spiro atoms. The van der Waals surface area contributed by atoms with Crippen LogP contribution in [-0.2, 0) is 4.74 Å². The molecule has 2 aromatic heterocycles. The number of ether oxygens (including phenoxy) is 1. The maximum atomic E-state index is 12.6. The normalized spacial score (nSPS) is 15.9. The summed E-state index contributed by atoms with van der Waals surface area (Å²) < 4.78 is 5.47. The van der Waals surface area contributed by atoms with Crippen LogP contribution in [0.2, 0.25) is 0 Å². The summed E-state index contributed by atoms with van der Waals surface area (Å²) in [6.07, 6.45) is 0. The van der Waals surface area contributed by atoms with Crippen molar-refractivity contribution in [3.8, 4) is 0 Å². The van der Waals surface area contributed by atoms with E-state index in [4.69, 9.17) is 9.72 Å². The predicted molar refractivity (Wildman–Crippen MR) is 111 cm³/mol. The van der Waals surface area contributed by atoms with Crippen molar-refractivity contribution in [3.05, 3.63) is 50.9 Å². The van der Waals surface area contributed by atoms with Crippen LogP contribution in [0.15, 0.2) is 29.1 Å². The van der Waals surface area contributed by atoms with E-state index < -0.39 is 0 Å². The van der Waals surface area contributed by atoms with Gasteiger partial charge in [0.05, 0.1) is 36.0 Å². The molecule has 1 saturated heterocycles. The van der Waals surface area contributed by atoms with Crippen LogP contribution < -0.4 is 15.8 Å². The van der Waals surface area contributed by atoms with Crippen molar-refractivity contribution in [2.75, 3.05) is 36.5 Å². The number of aromatic amines is 1. The van der Waals surface area contributed by atoms with E-state index in [1.807, 2.05) is 32.9 Å². The Kier molecular flexibility index (Phi) is 4.88. The van der Waals surface area contributed by atoms with Gasteiger partial charge in [0.1, 0.15) is 10.7 Å². The zero-order valence-corrected chi connectivity index (χ0v) is 16.7. The lowest BCUT2D eigenvalue weighted by Crippen LogP contribution is -2.36. The molecule has 0 saturated carbocycles. The summed E-state index contributed by atoms with van der Waals surface area (Å²) in [7, 11) is 0. The van der Waals surface area contributed by atoms with E-state index in [0.717, 1.165) is 52.9 Å². The Bertz CT molecular complexity index is 1020. The van der Waals surface area contributed by atoms with Crippen molar-refractivity contribution in [1.29, 1.82) is 0 Å². The number of hydrogen-bond acceptors (Lipinski definition) is 6. The van der Waals surface area contributed by atoms with Crippen molar-refractivity contribution in [2.24, 2.45) is 0 Å². The molecule has 142 valence electrons. The predicted octanol–water partition coefficient (Wildman–Crippen LogP) is 3.61. The lowest BCUT2D eigenvalue weighted by atomic mass is 10.2. The van der Waals surface area contributed by atoms with Gasteiger partial charge in [0.2, 0.25) is 0 Å². The standard InChI is InChI=1S/C20H24N4O2S/c1-12-14(3)27-20-17(12)19(25)22-18(23-20)13(2)21-15-6-4-5-7-16(15)24-8-10-26-11-9-24/h4-7,13,21H,8-11H2,1-3H3,(H,22,23,25)/t13-/m1/s1. The minimum atomic E-state index is -0.119. The minimum absolute atomic E-state index is 0.0630. The van der Waals surface area contributed by atoms with Gasteiger partial charge < -0.3 is 19.9 Å². The average molecular weight is 385 g/mol. The van der Waals surface area contributed by atoms with Crippen LogP contribution in [0.3, 0.4) is 0 Å². The number of fused-ring (bicyclic) bond motifs is 1. The number of anilines is 2. The Labute approximate surface area is 162 Å². The molecule has 2 N–H and O–H groups in total. The van der Waals surface area contributed by atoms with E-state index >= 15 is 0 Å². The number of nitrogens with one attached hydrogen (secondary N) is 2. The lowest BCUT2D eigenvalue weighted by molar-refractivity contribution is 0.123. The maximum absolute atomic E-state index is 12.6. The molecule has 0 radical (unpaired) electrons. The summed E-state index contributed by atoms with van der Waals surface area (Å²) in [6, 6.07) is 8.13. The van der Waals surface area contributed by atoms with E-state index in [9.17, 15) is 4.79 Å². The first-order valence-corrected chi connectivity index (χ1v) is 10.0. The smallest absolute Gasteiger partial charge is 0.259 e. The maximum Gasteiger partial charge on any atom is 0.259 e. The fourth-order valence-electron chi connectivity index (χ4n) is 3.45. The zero-order valence-electron chi connectivity index (χ0n) is 15.8. The quantitative estimate of drug-likeness (QED) is 0.719. The van der Waals surface area contributed by atoms with Crippen molar-refractivity contribution in [2.45, 2.75) is 26.8 Å². The van der Waals surface area contributed by atoms with Gasteiger partial charge in [-0.2, -0.15) is 0 Å². The number of morpholine rings is 1. The van der Waals surface area contributed by atoms with E-state index in [-0.39, 0.29) is 11.6 Å². The molecule has 1 aliphatic rings. The molecule has 0 bridgehead atoms. The largest absolute Gasteiger partial charge is 0.378 e. The number of H-pyrrole nitrogens is 1. The van der Waals surface area contributed by atoms with E-state index in [1.165, 1.54) is 0 Å². The molecule has 1 aromatic carbocycles. The van der Waals surface area contributed by atoms with Crippen LogP contribution in [-0.4, -0.2) is 36.3 Å². The Morgan fingerprint density at radius 1 is 1.26 bits per heavy atom. The summed E-state index contributed by atoms with van der Waals surface area (Å²) in [5.41, 5.74) is 3.15. The summed E-state index contributed by atoms with van der Waals surface area (Å²) in [5, 5.41) is 4.24. The van der Waals surface area contributed by atoms with Gasteiger partial charge in [0.25, 0.3) is 5.56 Å². The third-order valence-electron chi connectivity index (χ3n) is 5.10. The molecule has 3 heterocycles. The van der Waals surface area contributed by atoms with Crippen molar-refractivity contribution >= 4 is 32.9 Å². The summed E-state index contributed by atoms with van der Waals surface area (Å²) in [6.45, 7) is 9.27. The topological polar surface area (TPSA) is 70.2 Å². The van der Waals surface area contributed by atoms with Gasteiger partial charge >= 0.3 is 0 Å².